The van der Waals surface area contributed by atoms with Gasteiger partial charge in [0, 0.05) is 6.42 Å². The van der Waals surface area contributed by atoms with E-state index in [-0.39, 0.29) is 5.84 Å². The van der Waals surface area contributed by atoms with Crippen molar-refractivity contribution in [1.29, 1.82) is 0 Å². The molecule has 0 saturated carbocycles. The smallest absolute Gasteiger partial charge is 0.141 e. The second kappa shape index (κ2) is 5.99. The number of amidine groups is 1. The van der Waals surface area contributed by atoms with E-state index in [0.29, 0.717) is 19.6 Å². The Kier molecular flexibility index (Phi) is 4.50. The summed E-state index contributed by atoms with van der Waals surface area (Å²) in [6, 6.07) is 9.86. The van der Waals surface area contributed by atoms with E-state index in [0.717, 1.165) is 5.56 Å². The van der Waals surface area contributed by atoms with Crippen LogP contribution in [-0.2, 0) is 11.3 Å². The molecule has 0 spiro atoms. The van der Waals surface area contributed by atoms with Crippen LogP contribution in [-0.4, -0.2) is 17.6 Å². The molecule has 4 nitrogen and oxygen atoms in total. The molecule has 0 fully saturated rings. The molecule has 3 N–H and O–H groups in total. The molecule has 0 aliphatic rings. The second-order valence-electron chi connectivity index (χ2n) is 2.88. The molecule has 14 heavy (non-hydrogen) atoms. The van der Waals surface area contributed by atoms with Gasteiger partial charge in [0.25, 0.3) is 0 Å². The van der Waals surface area contributed by atoms with E-state index in [1.54, 1.807) is 0 Å². The topological polar surface area (TPSA) is 67.8 Å². The van der Waals surface area contributed by atoms with Crippen LogP contribution in [0.4, 0.5) is 0 Å². The molecule has 0 heterocycles. The third kappa shape index (κ3) is 3.91. The van der Waals surface area contributed by atoms with Gasteiger partial charge < -0.3 is 15.7 Å². The average molecular weight is 194 g/mol. The maximum Gasteiger partial charge on any atom is 0.141 e. The zero-order valence-electron chi connectivity index (χ0n) is 7.89. The fourth-order valence-corrected chi connectivity index (χ4v) is 0.991. The van der Waals surface area contributed by atoms with Crippen molar-refractivity contribution in [1.82, 2.24) is 0 Å². The van der Waals surface area contributed by atoms with Crippen LogP contribution in [0.1, 0.15) is 12.0 Å². The fraction of sp³-hybridized carbons (Fsp3) is 0.300. The van der Waals surface area contributed by atoms with Crippen molar-refractivity contribution in [3.05, 3.63) is 35.9 Å². The van der Waals surface area contributed by atoms with Crippen molar-refractivity contribution in [2.75, 3.05) is 6.61 Å². The van der Waals surface area contributed by atoms with Gasteiger partial charge in [-0.05, 0) is 5.56 Å². The lowest BCUT2D eigenvalue weighted by Gasteiger charge is -2.02. The van der Waals surface area contributed by atoms with Crippen molar-refractivity contribution >= 4 is 5.84 Å². The number of hydrogen-bond donors (Lipinski definition) is 2. The van der Waals surface area contributed by atoms with Crippen LogP contribution in [0.15, 0.2) is 35.5 Å². The third-order valence-electron chi connectivity index (χ3n) is 1.74. The van der Waals surface area contributed by atoms with Gasteiger partial charge >= 0.3 is 0 Å². The number of nitrogens with zero attached hydrogens (tertiary/aromatic N) is 1. The van der Waals surface area contributed by atoms with E-state index in [4.69, 9.17) is 15.7 Å². The molecule has 0 aliphatic carbocycles. The Hall–Kier alpha value is -1.55. The molecule has 0 aliphatic heterocycles. The predicted octanol–water partition coefficient (Wildman–Crippen LogP) is 1.34. The van der Waals surface area contributed by atoms with E-state index in [1.165, 1.54) is 0 Å². The maximum absolute atomic E-state index is 8.26. The molecular weight excluding hydrogens is 180 g/mol. The minimum absolute atomic E-state index is 0.193. The summed E-state index contributed by atoms with van der Waals surface area (Å²) < 4.78 is 5.32. The Morgan fingerprint density at radius 1 is 1.36 bits per heavy atom. The highest BCUT2D eigenvalue weighted by Crippen LogP contribution is 2.00. The Morgan fingerprint density at radius 2 is 2.07 bits per heavy atom. The largest absolute Gasteiger partial charge is 0.409 e. The molecule has 0 bridgehead atoms. The van der Waals surface area contributed by atoms with Crippen LogP contribution in [0, 0.1) is 0 Å². The van der Waals surface area contributed by atoms with Gasteiger partial charge in [0.05, 0.1) is 13.2 Å². The molecule has 0 aromatic heterocycles. The quantitative estimate of drug-likeness (QED) is 0.244. The lowest BCUT2D eigenvalue weighted by molar-refractivity contribution is 0.127. The summed E-state index contributed by atoms with van der Waals surface area (Å²) >= 11 is 0. The number of rotatable bonds is 5. The first-order chi connectivity index (χ1) is 6.83. The second-order valence-corrected chi connectivity index (χ2v) is 2.88. The number of ether oxygens (including phenoxy) is 1. The van der Waals surface area contributed by atoms with Crippen LogP contribution >= 0.6 is 0 Å². The lowest BCUT2D eigenvalue weighted by atomic mass is 10.2. The summed E-state index contributed by atoms with van der Waals surface area (Å²) in [5, 5.41) is 11.1. The molecular formula is C10H14N2O2. The fourth-order valence-electron chi connectivity index (χ4n) is 0.991. The minimum Gasteiger partial charge on any atom is -0.409 e. The molecule has 0 amide bonds. The van der Waals surface area contributed by atoms with Crippen molar-refractivity contribution < 1.29 is 9.94 Å². The zero-order chi connectivity index (χ0) is 10.2. The highest BCUT2D eigenvalue weighted by atomic mass is 16.5. The van der Waals surface area contributed by atoms with E-state index < -0.39 is 0 Å². The average Bonchev–Trinajstić information content (AvgIpc) is 2.25. The highest BCUT2D eigenvalue weighted by Gasteiger charge is 1.94. The SMILES string of the molecule is N/C(CCOCc1ccccc1)=N\O. The van der Waals surface area contributed by atoms with E-state index in [2.05, 4.69) is 5.16 Å². The number of hydrogen-bond acceptors (Lipinski definition) is 3. The van der Waals surface area contributed by atoms with Gasteiger partial charge in [0.15, 0.2) is 0 Å². The van der Waals surface area contributed by atoms with Crippen molar-refractivity contribution in [3.8, 4) is 0 Å². The van der Waals surface area contributed by atoms with Gasteiger partial charge in [-0.25, -0.2) is 0 Å². The molecule has 0 unspecified atom stereocenters. The monoisotopic (exact) mass is 194 g/mol. The first-order valence-electron chi connectivity index (χ1n) is 4.41. The van der Waals surface area contributed by atoms with E-state index >= 15 is 0 Å². The predicted molar refractivity (Wildman–Crippen MR) is 54.1 cm³/mol. The first-order valence-corrected chi connectivity index (χ1v) is 4.41. The zero-order valence-corrected chi connectivity index (χ0v) is 7.89. The molecule has 0 saturated heterocycles. The highest BCUT2D eigenvalue weighted by molar-refractivity contribution is 5.79. The summed E-state index contributed by atoms with van der Waals surface area (Å²) in [5.74, 6) is 0.193. The van der Waals surface area contributed by atoms with Crippen LogP contribution < -0.4 is 5.73 Å². The van der Waals surface area contributed by atoms with Crippen LogP contribution in [0.5, 0.6) is 0 Å². The standard InChI is InChI=1S/C10H14N2O2/c11-10(12-13)6-7-14-8-9-4-2-1-3-5-9/h1-5,13H,6-8H2,(H2,11,12). The number of nitrogens with two attached hydrogens (primary N) is 1. The summed E-state index contributed by atoms with van der Waals surface area (Å²) in [5.41, 5.74) is 6.39. The summed E-state index contributed by atoms with van der Waals surface area (Å²) in [6.45, 7) is 1.02. The van der Waals surface area contributed by atoms with E-state index in [1.807, 2.05) is 30.3 Å². The van der Waals surface area contributed by atoms with Crippen molar-refractivity contribution in [2.24, 2.45) is 10.9 Å². The van der Waals surface area contributed by atoms with Crippen molar-refractivity contribution in [3.63, 3.8) is 0 Å². The van der Waals surface area contributed by atoms with Crippen LogP contribution in [0.2, 0.25) is 0 Å². The number of benzene rings is 1. The van der Waals surface area contributed by atoms with Crippen molar-refractivity contribution in [2.45, 2.75) is 13.0 Å². The minimum atomic E-state index is 0.193. The summed E-state index contributed by atoms with van der Waals surface area (Å²) in [6.07, 6.45) is 0.448. The molecule has 0 atom stereocenters. The molecule has 1 aromatic rings. The molecule has 1 rings (SSSR count). The Balaban J connectivity index is 2.17. The Morgan fingerprint density at radius 3 is 2.71 bits per heavy atom. The maximum atomic E-state index is 8.26. The first kappa shape index (κ1) is 10.5. The third-order valence-corrected chi connectivity index (χ3v) is 1.74. The normalized spacial score (nSPS) is 11.6. The van der Waals surface area contributed by atoms with Gasteiger partial charge in [-0.1, -0.05) is 35.5 Å². The summed E-state index contributed by atoms with van der Waals surface area (Å²) in [4.78, 5) is 0. The summed E-state index contributed by atoms with van der Waals surface area (Å²) in [7, 11) is 0. The molecule has 4 heteroatoms. The van der Waals surface area contributed by atoms with Gasteiger partial charge in [-0.15, -0.1) is 0 Å². The van der Waals surface area contributed by atoms with E-state index in [9.17, 15) is 0 Å². The lowest BCUT2D eigenvalue weighted by Crippen LogP contribution is -2.14. The van der Waals surface area contributed by atoms with Gasteiger partial charge in [0.2, 0.25) is 0 Å². The van der Waals surface area contributed by atoms with Gasteiger partial charge in [0.1, 0.15) is 5.84 Å². The Labute approximate surface area is 83.0 Å². The Bertz CT molecular complexity index is 285. The van der Waals surface area contributed by atoms with Crippen LogP contribution in [0.3, 0.4) is 0 Å². The number of oxime groups is 1. The van der Waals surface area contributed by atoms with Gasteiger partial charge in [-0.2, -0.15) is 0 Å². The molecule has 1 aromatic carbocycles. The molecule has 76 valence electrons. The molecule has 0 radical (unpaired) electrons. The van der Waals surface area contributed by atoms with Crippen LogP contribution in [0.25, 0.3) is 0 Å². The van der Waals surface area contributed by atoms with Gasteiger partial charge in [-0.3, -0.25) is 0 Å².